The van der Waals surface area contributed by atoms with Crippen molar-refractivity contribution in [1.29, 1.82) is 0 Å². The van der Waals surface area contributed by atoms with Crippen molar-refractivity contribution in [2.45, 2.75) is 37.5 Å². The zero-order chi connectivity index (χ0) is 18.7. The third kappa shape index (κ3) is 3.93. The maximum Gasteiger partial charge on any atom is 0.323 e. The fourth-order valence-corrected chi connectivity index (χ4v) is 3.93. The van der Waals surface area contributed by atoms with Crippen molar-refractivity contribution in [3.05, 3.63) is 47.7 Å². The summed E-state index contributed by atoms with van der Waals surface area (Å²) in [5, 5.41) is 4.53. The van der Waals surface area contributed by atoms with Crippen molar-refractivity contribution in [2.24, 2.45) is 0 Å². The monoisotopic (exact) mass is 370 g/mol. The molecule has 2 heterocycles. The molecule has 4 rings (SSSR count). The van der Waals surface area contributed by atoms with E-state index in [0.717, 1.165) is 35.7 Å². The van der Waals surface area contributed by atoms with Crippen LogP contribution >= 0.6 is 0 Å². The van der Waals surface area contributed by atoms with E-state index in [4.69, 9.17) is 14.2 Å². The lowest BCUT2D eigenvalue weighted by atomic mass is 9.93. The van der Waals surface area contributed by atoms with Crippen LogP contribution in [0, 0.1) is 0 Å². The van der Waals surface area contributed by atoms with E-state index >= 15 is 0 Å². The van der Waals surface area contributed by atoms with Gasteiger partial charge in [-0.05, 0) is 18.1 Å². The lowest BCUT2D eigenvalue weighted by Gasteiger charge is -2.31. The summed E-state index contributed by atoms with van der Waals surface area (Å²) in [5.74, 6) is -0.648. The highest BCUT2D eigenvalue weighted by atomic mass is 16.7. The predicted octanol–water partition coefficient (Wildman–Crippen LogP) is 2.70. The lowest BCUT2D eigenvalue weighted by molar-refractivity contribution is -0.161. The Morgan fingerprint density at radius 3 is 2.89 bits per heavy atom. The Labute approximate surface area is 158 Å². The first-order chi connectivity index (χ1) is 13.2. The van der Waals surface area contributed by atoms with Crippen molar-refractivity contribution in [3.63, 3.8) is 0 Å². The zero-order valence-electron chi connectivity index (χ0n) is 15.6. The molecule has 1 aliphatic carbocycles. The highest BCUT2D eigenvalue weighted by molar-refractivity contribution is 5.84. The summed E-state index contributed by atoms with van der Waals surface area (Å²) < 4.78 is 16.5. The zero-order valence-corrected chi connectivity index (χ0v) is 15.6. The second-order valence-electron chi connectivity index (χ2n) is 7.19. The molecule has 1 atom stereocenters. The van der Waals surface area contributed by atoms with Gasteiger partial charge in [0.2, 0.25) is 0 Å². The molecule has 0 unspecified atom stereocenters. The lowest BCUT2D eigenvalue weighted by Crippen LogP contribution is -2.41. The molecule has 0 amide bonds. The Hall–Kier alpha value is -2.15. The van der Waals surface area contributed by atoms with Gasteiger partial charge in [0.1, 0.15) is 6.04 Å². The largest absolute Gasteiger partial charge is 0.468 e. The fraction of sp³-hybridized carbons (Fsp3) is 0.476. The van der Waals surface area contributed by atoms with Gasteiger partial charge in [0.25, 0.3) is 0 Å². The van der Waals surface area contributed by atoms with E-state index in [1.54, 1.807) is 0 Å². The van der Waals surface area contributed by atoms with Crippen LogP contribution in [0.25, 0.3) is 10.9 Å². The van der Waals surface area contributed by atoms with Crippen molar-refractivity contribution >= 4 is 16.9 Å². The number of H-pyrrole nitrogens is 1. The summed E-state index contributed by atoms with van der Waals surface area (Å²) in [7, 11) is 1.44. The Kier molecular flexibility index (Phi) is 5.29. The Balaban J connectivity index is 1.41. The van der Waals surface area contributed by atoms with E-state index in [1.807, 2.05) is 24.4 Å². The van der Waals surface area contributed by atoms with Crippen LogP contribution in [0.3, 0.4) is 0 Å². The third-order valence-electron chi connectivity index (χ3n) is 5.50. The molecular weight excluding hydrogens is 344 g/mol. The van der Waals surface area contributed by atoms with E-state index < -0.39 is 5.79 Å². The number of fused-ring (bicyclic) bond motifs is 1. The average Bonchev–Trinajstić information content (AvgIpc) is 3.33. The SMILES string of the molecule is COC(=O)[C@H](Cc1c[nH]c2ccccc12)NCC1=CCC2(CC1)OCCO2. The Morgan fingerprint density at radius 2 is 2.15 bits per heavy atom. The van der Waals surface area contributed by atoms with Gasteiger partial charge in [-0.2, -0.15) is 0 Å². The number of hydrogen-bond acceptors (Lipinski definition) is 5. The molecule has 1 fully saturated rings. The number of esters is 1. The maximum atomic E-state index is 12.3. The molecule has 1 aromatic heterocycles. The fourth-order valence-electron chi connectivity index (χ4n) is 3.93. The number of hydrogen-bond donors (Lipinski definition) is 2. The first kappa shape index (κ1) is 18.2. The summed E-state index contributed by atoms with van der Waals surface area (Å²) in [6, 6.07) is 7.73. The molecule has 2 aromatic rings. The Morgan fingerprint density at radius 1 is 1.33 bits per heavy atom. The van der Waals surface area contributed by atoms with Gasteiger partial charge in [-0.25, -0.2) is 0 Å². The minimum atomic E-state index is -0.407. The first-order valence-electron chi connectivity index (χ1n) is 9.51. The summed E-state index contributed by atoms with van der Waals surface area (Å²) in [5.41, 5.74) is 3.47. The van der Waals surface area contributed by atoms with Crippen molar-refractivity contribution < 1.29 is 19.0 Å². The molecule has 27 heavy (non-hydrogen) atoms. The van der Waals surface area contributed by atoms with Crippen LogP contribution in [0.4, 0.5) is 0 Å². The molecule has 6 nitrogen and oxygen atoms in total. The Bertz CT molecular complexity index is 836. The highest BCUT2D eigenvalue weighted by Crippen LogP contribution is 2.34. The van der Waals surface area contributed by atoms with Gasteiger partial charge in [0.05, 0.1) is 20.3 Å². The number of aromatic nitrogens is 1. The van der Waals surface area contributed by atoms with Crippen LogP contribution in [-0.2, 0) is 25.4 Å². The summed E-state index contributed by atoms with van der Waals surface area (Å²) in [6.45, 7) is 2.02. The number of rotatable bonds is 6. The van der Waals surface area contributed by atoms with Crippen molar-refractivity contribution in [2.75, 3.05) is 26.9 Å². The van der Waals surface area contributed by atoms with Crippen LogP contribution in [-0.4, -0.2) is 49.7 Å². The number of aromatic amines is 1. The number of carbonyl (C=O) groups excluding carboxylic acids is 1. The molecule has 1 spiro atoms. The van der Waals surface area contributed by atoms with Gasteiger partial charge in [0, 0.05) is 42.9 Å². The quantitative estimate of drug-likeness (QED) is 0.604. The molecule has 0 bridgehead atoms. The molecule has 0 radical (unpaired) electrons. The van der Waals surface area contributed by atoms with E-state index in [0.29, 0.717) is 26.2 Å². The minimum absolute atomic E-state index is 0.240. The van der Waals surface area contributed by atoms with Gasteiger partial charge in [-0.1, -0.05) is 29.8 Å². The molecule has 6 heteroatoms. The van der Waals surface area contributed by atoms with Crippen LogP contribution in [0.2, 0.25) is 0 Å². The second-order valence-corrected chi connectivity index (χ2v) is 7.19. The molecule has 1 saturated heterocycles. The number of nitrogens with one attached hydrogen (secondary N) is 2. The smallest absolute Gasteiger partial charge is 0.323 e. The van der Waals surface area contributed by atoms with Gasteiger partial charge in [0.15, 0.2) is 5.79 Å². The van der Waals surface area contributed by atoms with Crippen LogP contribution in [0.5, 0.6) is 0 Å². The van der Waals surface area contributed by atoms with Gasteiger partial charge >= 0.3 is 5.97 Å². The van der Waals surface area contributed by atoms with Gasteiger partial charge < -0.3 is 24.5 Å². The number of benzene rings is 1. The molecule has 2 aliphatic rings. The van der Waals surface area contributed by atoms with Crippen molar-refractivity contribution in [3.8, 4) is 0 Å². The molecule has 0 saturated carbocycles. The topological polar surface area (TPSA) is 72.6 Å². The minimum Gasteiger partial charge on any atom is -0.468 e. The van der Waals surface area contributed by atoms with E-state index in [1.165, 1.54) is 12.7 Å². The summed E-state index contributed by atoms with van der Waals surface area (Å²) in [4.78, 5) is 15.6. The number of methoxy groups -OCH3 is 1. The molecule has 1 aliphatic heterocycles. The summed E-state index contributed by atoms with van der Waals surface area (Å²) >= 11 is 0. The predicted molar refractivity (Wildman–Crippen MR) is 102 cm³/mol. The molecule has 1 aromatic carbocycles. The number of ether oxygens (including phenoxy) is 3. The van der Waals surface area contributed by atoms with E-state index in [9.17, 15) is 4.79 Å². The normalized spacial score (nSPS) is 20.0. The molecular formula is C21H26N2O4. The highest BCUT2D eigenvalue weighted by Gasteiger charge is 2.37. The van der Waals surface area contributed by atoms with E-state index in [2.05, 4.69) is 22.4 Å². The van der Waals surface area contributed by atoms with Crippen LogP contribution in [0.1, 0.15) is 24.8 Å². The summed E-state index contributed by atoms with van der Waals surface area (Å²) in [6.07, 6.45) is 7.29. The first-order valence-corrected chi connectivity index (χ1v) is 9.51. The van der Waals surface area contributed by atoms with Gasteiger partial charge in [-0.3, -0.25) is 4.79 Å². The van der Waals surface area contributed by atoms with E-state index in [-0.39, 0.29) is 12.0 Å². The maximum absolute atomic E-state index is 12.3. The standard InChI is InChI=1S/C21H26N2O4/c1-25-20(24)19(12-16-14-23-18-5-3-2-4-17(16)18)22-13-15-6-8-21(9-7-15)26-10-11-27-21/h2-6,14,19,22-23H,7-13H2,1H3/t19-/m0/s1. The average molecular weight is 370 g/mol. The third-order valence-corrected chi connectivity index (χ3v) is 5.50. The second kappa shape index (κ2) is 7.84. The molecule has 2 N–H and O–H groups in total. The molecule has 144 valence electrons. The van der Waals surface area contributed by atoms with Crippen LogP contribution < -0.4 is 5.32 Å². The number of para-hydroxylation sites is 1. The van der Waals surface area contributed by atoms with Crippen molar-refractivity contribution in [1.82, 2.24) is 10.3 Å². The number of carbonyl (C=O) groups is 1. The van der Waals surface area contributed by atoms with Crippen LogP contribution in [0.15, 0.2) is 42.1 Å². The van der Waals surface area contributed by atoms with Gasteiger partial charge in [-0.15, -0.1) is 0 Å².